The number of carbonyl (C=O) groups excluding carboxylic acids is 1. The maximum Gasteiger partial charge on any atom is 0.269 e. The molecule has 0 radical (unpaired) electrons. The summed E-state index contributed by atoms with van der Waals surface area (Å²) in [4.78, 5) is 14.6. The third kappa shape index (κ3) is 2.56. The zero-order chi connectivity index (χ0) is 15.8. The van der Waals surface area contributed by atoms with Gasteiger partial charge >= 0.3 is 0 Å². The highest BCUT2D eigenvalue weighted by Crippen LogP contribution is 2.37. The molecular weight excluding hydrogens is 294 g/mol. The maximum atomic E-state index is 13.9. The zero-order valence-corrected chi connectivity index (χ0v) is 10.6. The van der Waals surface area contributed by atoms with Crippen LogP contribution >= 0.6 is 0 Å². The van der Waals surface area contributed by atoms with Gasteiger partial charge in [0, 0.05) is 11.1 Å². The van der Waals surface area contributed by atoms with Gasteiger partial charge in [0.2, 0.25) is 5.91 Å². The number of carbonyl (C=O) groups is 1. The van der Waals surface area contributed by atoms with Crippen molar-refractivity contribution in [3.63, 3.8) is 0 Å². The van der Waals surface area contributed by atoms with Crippen molar-refractivity contribution in [1.29, 1.82) is 0 Å². The molecule has 1 aromatic rings. The van der Waals surface area contributed by atoms with E-state index < -0.39 is 47.2 Å². The molecule has 21 heavy (non-hydrogen) atoms. The van der Waals surface area contributed by atoms with Crippen LogP contribution in [-0.2, 0) is 10.3 Å². The molecule has 0 bridgehead atoms. The summed E-state index contributed by atoms with van der Waals surface area (Å²) in [6, 6.07) is 1.26. The lowest BCUT2D eigenvalue weighted by Crippen LogP contribution is -2.45. The smallest absolute Gasteiger partial charge is 0.269 e. The van der Waals surface area contributed by atoms with Crippen molar-refractivity contribution < 1.29 is 27.1 Å². The Morgan fingerprint density at radius 3 is 2.57 bits per heavy atom. The van der Waals surface area contributed by atoms with Gasteiger partial charge in [0.05, 0.1) is 6.61 Å². The molecule has 0 spiro atoms. The number of halogens is 4. The average molecular weight is 305 g/mol. The number of hydrogen-bond donors (Lipinski definition) is 2. The summed E-state index contributed by atoms with van der Waals surface area (Å²) in [6.07, 6.45) is -3.23. The second-order valence-electron chi connectivity index (χ2n) is 4.50. The molecule has 5 nitrogen and oxygen atoms in total. The predicted molar refractivity (Wildman–Crippen MR) is 65.0 cm³/mol. The Morgan fingerprint density at radius 1 is 1.38 bits per heavy atom. The summed E-state index contributed by atoms with van der Waals surface area (Å²) >= 11 is 0. The Morgan fingerprint density at radius 2 is 2.05 bits per heavy atom. The Labute approximate surface area is 116 Å². The molecule has 1 heterocycles. The molecule has 1 aliphatic heterocycles. The monoisotopic (exact) mass is 305 g/mol. The fourth-order valence-electron chi connectivity index (χ4n) is 2.05. The fraction of sp³-hybridized carbons (Fsp3) is 0.333. The van der Waals surface area contributed by atoms with Crippen molar-refractivity contribution in [2.45, 2.75) is 12.0 Å². The van der Waals surface area contributed by atoms with E-state index >= 15 is 0 Å². The van der Waals surface area contributed by atoms with Gasteiger partial charge in [0.15, 0.2) is 17.2 Å². The highest BCUT2D eigenvalue weighted by atomic mass is 19.3. The first-order valence-electron chi connectivity index (χ1n) is 5.77. The zero-order valence-electron chi connectivity index (χ0n) is 10.6. The SMILES string of the molecule is NC(=O)c1cc(F)c(F)c(C2(C(F)F)COCC(N)=N2)c1. The number of nitrogens with two attached hydrogens (primary N) is 2. The van der Waals surface area contributed by atoms with Crippen LogP contribution in [0.25, 0.3) is 0 Å². The van der Waals surface area contributed by atoms with E-state index in [1.54, 1.807) is 0 Å². The lowest BCUT2D eigenvalue weighted by Gasteiger charge is -2.33. The molecule has 9 heteroatoms. The molecule has 1 atom stereocenters. The molecule has 0 saturated carbocycles. The van der Waals surface area contributed by atoms with Crippen molar-refractivity contribution in [3.05, 3.63) is 34.9 Å². The number of primary amides is 1. The first-order valence-corrected chi connectivity index (χ1v) is 5.77. The number of alkyl halides is 2. The van der Waals surface area contributed by atoms with Crippen LogP contribution in [0.2, 0.25) is 0 Å². The molecule has 114 valence electrons. The van der Waals surface area contributed by atoms with Gasteiger partial charge in [-0.25, -0.2) is 17.6 Å². The topological polar surface area (TPSA) is 90.7 Å². The second-order valence-corrected chi connectivity index (χ2v) is 4.50. The quantitative estimate of drug-likeness (QED) is 0.813. The molecule has 1 aromatic carbocycles. The normalized spacial score (nSPS) is 22.2. The third-order valence-electron chi connectivity index (χ3n) is 3.06. The van der Waals surface area contributed by atoms with Gasteiger partial charge in [-0.05, 0) is 12.1 Å². The summed E-state index contributed by atoms with van der Waals surface area (Å²) in [5.74, 6) is -4.41. The Hall–Kier alpha value is -2.16. The lowest BCUT2D eigenvalue weighted by atomic mass is 9.88. The van der Waals surface area contributed by atoms with E-state index in [4.69, 9.17) is 16.2 Å². The Balaban J connectivity index is 2.72. The number of amides is 1. The number of benzene rings is 1. The summed E-state index contributed by atoms with van der Waals surface area (Å²) < 4.78 is 59.2. The summed E-state index contributed by atoms with van der Waals surface area (Å²) in [6.45, 7) is -0.905. The van der Waals surface area contributed by atoms with Crippen molar-refractivity contribution in [2.75, 3.05) is 13.2 Å². The molecule has 0 aliphatic carbocycles. The molecule has 0 aromatic heterocycles. The number of nitrogens with zero attached hydrogens (tertiary/aromatic N) is 1. The molecule has 1 unspecified atom stereocenters. The highest BCUT2D eigenvalue weighted by Gasteiger charge is 2.47. The molecular formula is C12H11F4N3O2. The highest BCUT2D eigenvalue weighted by molar-refractivity contribution is 5.93. The Bertz CT molecular complexity index is 621. The summed E-state index contributed by atoms with van der Waals surface area (Å²) in [5.41, 5.74) is 6.53. The van der Waals surface area contributed by atoms with Crippen LogP contribution in [0.15, 0.2) is 17.1 Å². The summed E-state index contributed by atoms with van der Waals surface area (Å²) in [5, 5.41) is 0. The fourth-order valence-corrected chi connectivity index (χ4v) is 2.05. The molecule has 0 fully saturated rings. The van der Waals surface area contributed by atoms with Gasteiger partial charge in [-0.2, -0.15) is 0 Å². The van der Waals surface area contributed by atoms with Gasteiger partial charge in [0.25, 0.3) is 6.43 Å². The van der Waals surface area contributed by atoms with Gasteiger partial charge in [-0.15, -0.1) is 0 Å². The van der Waals surface area contributed by atoms with Crippen molar-refractivity contribution in [3.8, 4) is 0 Å². The van der Waals surface area contributed by atoms with E-state index in [1.807, 2.05) is 0 Å². The number of hydrogen-bond acceptors (Lipinski definition) is 4. The first kappa shape index (κ1) is 15.2. The van der Waals surface area contributed by atoms with Gasteiger partial charge in [-0.3, -0.25) is 9.79 Å². The lowest BCUT2D eigenvalue weighted by molar-refractivity contribution is -0.0149. The molecule has 1 amide bonds. The van der Waals surface area contributed by atoms with Crippen LogP contribution in [0.5, 0.6) is 0 Å². The van der Waals surface area contributed by atoms with Crippen LogP contribution in [0.4, 0.5) is 17.6 Å². The van der Waals surface area contributed by atoms with E-state index in [0.717, 1.165) is 6.07 Å². The van der Waals surface area contributed by atoms with Crippen LogP contribution in [0, 0.1) is 11.6 Å². The number of amidine groups is 1. The van der Waals surface area contributed by atoms with E-state index in [9.17, 15) is 22.4 Å². The minimum absolute atomic E-state index is 0.200. The largest absolute Gasteiger partial charge is 0.385 e. The third-order valence-corrected chi connectivity index (χ3v) is 3.06. The predicted octanol–water partition coefficient (Wildman–Crippen LogP) is 0.912. The van der Waals surface area contributed by atoms with Gasteiger partial charge in [-0.1, -0.05) is 0 Å². The first-order chi connectivity index (χ1) is 9.78. The van der Waals surface area contributed by atoms with E-state index in [-0.39, 0.29) is 12.4 Å². The van der Waals surface area contributed by atoms with Crippen molar-refractivity contribution >= 4 is 11.7 Å². The average Bonchev–Trinajstić information content (AvgIpc) is 2.41. The summed E-state index contributed by atoms with van der Waals surface area (Å²) in [7, 11) is 0. The van der Waals surface area contributed by atoms with Crippen LogP contribution in [0.3, 0.4) is 0 Å². The van der Waals surface area contributed by atoms with Crippen molar-refractivity contribution in [1.82, 2.24) is 0 Å². The van der Waals surface area contributed by atoms with Crippen LogP contribution < -0.4 is 11.5 Å². The van der Waals surface area contributed by atoms with Gasteiger partial charge < -0.3 is 16.2 Å². The Kier molecular flexibility index (Phi) is 3.86. The van der Waals surface area contributed by atoms with Crippen LogP contribution in [-0.4, -0.2) is 31.4 Å². The maximum absolute atomic E-state index is 13.9. The van der Waals surface area contributed by atoms with Gasteiger partial charge in [0.1, 0.15) is 12.4 Å². The minimum Gasteiger partial charge on any atom is -0.385 e. The number of rotatable bonds is 3. The number of aliphatic imine (C=N–C) groups is 1. The molecule has 4 N–H and O–H groups in total. The van der Waals surface area contributed by atoms with E-state index in [0.29, 0.717) is 6.07 Å². The van der Waals surface area contributed by atoms with E-state index in [1.165, 1.54) is 0 Å². The standard InChI is InChI=1S/C12H11F4N3O2/c13-7-2-5(10(18)20)1-6(9(7)14)12(11(15)16)4-21-3-8(17)19-12/h1-2,11H,3-4H2,(H2,17,19)(H2,18,20). The van der Waals surface area contributed by atoms with E-state index in [2.05, 4.69) is 4.99 Å². The molecule has 1 aliphatic rings. The minimum atomic E-state index is -3.23. The van der Waals surface area contributed by atoms with Crippen LogP contribution in [0.1, 0.15) is 15.9 Å². The number of ether oxygens (including phenoxy) is 1. The van der Waals surface area contributed by atoms with Crippen molar-refractivity contribution in [2.24, 2.45) is 16.5 Å². The molecule has 0 saturated heterocycles. The molecule has 2 rings (SSSR count). The second kappa shape index (κ2) is 5.32.